The molecule has 2 rings (SSSR count). The van der Waals surface area contributed by atoms with Crippen LogP contribution in [-0.2, 0) is 4.79 Å². The van der Waals surface area contributed by atoms with Gasteiger partial charge in [0.2, 0.25) is 0 Å². The number of hydrogen-bond acceptors (Lipinski definition) is 3. The van der Waals surface area contributed by atoms with Crippen molar-refractivity contribution >= 4 is 5.97 Å². The molecule has 0 saturated heterocycles. The molecule has 0 aliphatic carbocycles. The molecular weight excluding hydrogens is 218 g/mol. The second-order valence-corrected chi connectivity index (χ2v) is 3.64. The van der Waals surface area contributed by atoms with Crippen LogP contribution in [0.4, 0.5) is 0 Å². The SMILES string of the molecule is CC(C(=O)O)[n+]1ccc(-c2ccncn2)cc1. The summed E-state index contributed by atoms with van der Waals surface area (Å²) in [6, 6.07) is 4.90. The molecule has 0 bridgehead atoms. The van der Waals surface area contributed by atoms with Gasteiger partial charge in [-0.05, 0) is 6.07 Å². The molecule has 1 unspecified atom stereocenters. The van der Waals surface area contributed by atoms with Gasteiger partial charge < -0.3 is 5.11 Å². The fourth-order valence-electron chi connectivity index (χ4n) is 1.46. The zero-order chi connectivity index (χ0) is 12.3. The van der Waals surface area contributed by atoms with E-state index in [0.29, 0.717) is 0 Å². The van der Waals surface area contributed by atoms with Crippen LogP contribution in [-0.4, -0.2) is 21.0 Å². The van der Waals surface area contributed by atoms with Crippen molar-refractivity contribution in [1.29, 1.82) is 0 Å². The van der Waals surface area contributed by atoms with Gasteiger partial charge in [-0.25, -0.2) is 14.8 Å². The molecule has 86 valence electrons. The maximum atomic E-state index is 10.8. The molecule has 0 amide bonds. The van der Waals surface area contributed by atoms with Gasteiger partial charge in [-0.15, -0.1) is 0 Å². The first-order valence-corrected chi connectivity index (χ1v) is 5.18. The van der Waals surface area contributed by atoms with E-state index < -0.39 is 12.0 Å². The highest BCUT2D eigenvalue weighted by atomic mass is 16.4. The van der Waals surface area contributed by atoms with Gasteiger partial charge in [-0.2, -0.15) is 4.57 Å². The predicted octanol–water partition coefficient (Wildman–Crippen LogP) is 1.08. The fourth-order valence-corrected chi connectivity index (χ4v) is 1.46. The van der Waals surface area contributed by atoms with Crippen molar-refractivity contribution in [3.63, 3.8) is 0 Å². The second-order valence-electron chi connectivity index (χ2n) is 3.64. The van der Waals surface area contributed by atoms with Crippen LogP contribution in [0, 0.1) is 0 Å². The molecule has 2 aromatic heterocycles. The lowest BCUT2D eigenvalue weighted by atomic mass is 10.2. The summed E-state index contributed by atoms with van der Waals surface area (Å²) in [5, 5.41) is 8.88. The van der Waals surface area contributed by atoms with E-state index >= 15 is 0 Å². The molecule has 5 heteroatoms. The Morgan fingerprint density at radius 3 is 2.59 bits per heavy atom. The van der Waals surface area contributed by atoms with Gasteiger partial charge in [0.05, 0.1) is 5.69 Å². The highest BCUT2D eigenvalue weighted by Crippen LogP contribution is 2.13. The van der Waals surface area contributed by atoms with Crippen LogP contribution < -0.4 is 4.57 Å². The van der Waals surface area contributed by atoms with Gasteiger partial charge >= 0.3 is 5.97 Å². The number of carboxylic acids is 1. The Morgan fingerprint density at radius 1 is 1.35 bits per heavy atom. The standard InChI is InChI=1S/C12H11N3O2/c1-9(12(16)17)15-6-3-10(4-7-15)11-2-5-13-8-14-11/h2-9H,1H3/p+1. The first kappa shape index (κ1) is 11.2. The van der Waals surface area contributed by atoms with Gasteiger partial charge in [0.1, 0.15) is 6.33 Å². The Labute approximate surface area is 98.4 Å². The molecule has 0 spiro atoms. The number of carboxylic acid groups (broad SMARTS) is 1. The van der Waals surface area contributed by atoms with E-state index in [1.807, 2.05) is 12.1 Å². The second kappa shape index (κ2) is 4.69. The van der Waals surface area contributed by atoms with E-state index in [1.165, 1.54) is 6.33 Å². The maximum absolute atomic E-state index is 10.8. The normalized spacial score (nSPS) is 12.1. The van der Waals surface area contributed by atoms with Crippen molar-refractivity contribution in [2.75, 3.05) is 0 Å². The Bertz CT molecular complexity index is 511. The smallest absolute Gasteiger partial charge is 0.373 e. The maximum Gasteiger partial charge on any atom is 0.373 e. The summed E-state index contributed by atoms with van der Waals surface area (Å²) in [6.07, 6.45) is 6.62. The van der Waals surface area contributed by atoms with Crippen LogP contribution in [0.3, 0.4) is 0 Å². The van der Waals surface area contributed by atoms with E-state index in [2.05, 4.69) is 9.97 Å². The minimum absolute atomic E-state index is 0.575. The molecule has 17 heavy (non-hydrogen) atoms. The summed E-state index contributed by atoms with van der Waals surface area (Å²) in [7, 11) is 0. The number of rotatable bonds is 3. The lowest BCUT2D eigenvalue weighted by Gasteiger charge is -2.02. The Hall–Kier alpha value is -2.30. The minimum Gasteiger partial charge on any atom is -0.476 e. The molecule has 0 aliphatic heterocycles. The quantitative estimate of drug-likeness (QED) is 0.801. The molecule has 0 aliphatic rings. The van der Waals surface area contributed by atoms with Crippen LogP contribution in [0.5, 0.6) is 0 Å². The van der Waals surface area contributed by atoms with E-state index in [9.17, 15) is 4.79 Å². The molecule has 1 atom stereocenters. The Kier molecular flexibility index (Phi) is 3.09. The summed E-state index contributed by atoms with van der Waals surface area (Å²) >= 11 is 0. The average Bonchev–Trinajstić information content (AvgIpc) is 2.39. The summed E-state index contributed by atoms with van der Waals surface area (Å²) in [5.41, 5.74) is 1.75. The summed E-state index contributed by atoms with van der Waals surface area (Å²) in [4.78, 5) is 18.8. The first-order chi connectivity index (χ1) is 8.18. The van der Waals surface area contributed by atoms with Crippen LogP contribution in [0.25, 0.3) is 11.3 Å². The highest BCUT2D eigenvalue weighted by Gasteiger charge is 2.20. The molecule has 0 radical (unpaired) electrons. The molecule has 0 saturated carbocycles. The van der Waals surface area contributed by atoms with Crippen molar-refractivity contribution in [2.24, 2.45) is 0 Å². The summed E-state index contributed by atoms with van der Waals surface area (Å²) in [6.45, 7) is 1.63. The number of nitrogens with zero attached hydrogens (tertiary/aromatic N) is 3. The number of aliphatic carboxylic acids is 1. The highest BCUT2D eigenvalue weighted by molar-refractivity contribution is 5.69. The number of aromatic nitrogens is 3. The van der Waals surface area contributed by atoms with E-state index in [-0.39, 0.29) is 0 Å². The van der Waals surface area contributed by atoms with Crippen molar-refractivity contribution in [3.8, 4) is 11.3 Å². The Balaban J connectivity index is 2.28. The molecule has 2 heterocycles. The van der Waals surface area contributed by atoms with Crippen molar-refractivity contribution < 1.29 is 14.5 Å². The zero-order valence-corrected chi connectivity index (χ0v) is 9.32. The largest absolute Gasteiger partial charge is 0.476 e. The summed E-state index contributed by atoms with van der Waals surface area (Å²) in [5.74, 6) is -0.857. The predicted molar refractivity (Wildman–Crippen MR) is 60.0 cm³/mol. The van der Waals surface area contributed by atoms with Gasteiger partial charge in [-0.1, -0.05) is 0 Å². The number of pyridine rings is 1. The van der Waals surface area contributed by atoms with Gasteiger partial charge in [0.15, 0.2) is 12.4 Å². The monoisotopic (exact) mass is 230 g/mol. The van der Waals surface area contributed by atoms with Crippen molar-refractivity contribution in [3.05, 3.63) is 43.1 Å². The van der Waals surface area contributed by atoms with Gasteiger partial charge in [-0.3, -0.25) is 0 Å². The third kappa shape index (κ3) is 2.44. The lowest BCUT2D eigenvalue weighted by Crippen LogP contribution is -2.41. The fraction of sp³-hybridized carbons (Fsp3) is 0.167. The van der Waals surface area contributed by atoms with Gasteiger partial charge in [0, 0.05) is 30.8 Å². The molecule has 0 aromatic carbocycles. The molecule has 2 aromatic rings. The van der Waals surface area contributed by atoms with Crippen LogP contribution in [0.1, 0.15) is 13.0 Å². The number of carbonyl (C=O) groups is 1. The topological polar surface area (TPSA) is 67.0 Å². The van der Waals surface area contributed by atoms with Crippen LogP contribution in [0.2, 0.25) is 0 Å². The van der Waals surface area contributed by atoms with Crippen LogP contribution >= 0.6 is 0 Å². The molecule has 5 nitrogen and oxygen atoms in total. The molecule has 1 N–H and O–H groups in total. The first-order valence-electron chi connectivity index (χ1n) is 5.18. The lowest BCUT2D eigenvalue weighted by molar-refractivity contribution is -0.707. The van der Waals surface area contributed by atoms with Crippen molar-refractivity contribution in [1.82, 2.24) is 9.97 Å². The molecule has 0 fully saturated rings. The van der Waals surface area contributed by atoms with Gasteiger partial charge in [0.25, 0.3) is 6.04 Å². The zero-order valence-electron chi connectivity index (χ0n) is 9.32. The van der Waals surface area contributed by atoms with Crippen molar-refractivity contribution in [2.45, 2.75) is 13.0 Å². The van der Waals surface area contributed by atoms with Crippen LogP contribution in [0.15, 0.2) is 43.1 Å². The van der Waals surface area contributed by atoms with E-state index in [1.54, 1.807) is 36.1 Å². The summed E-state index contributed by atoms with van der Waals surface area (Å²) < 4.78 is 1.63. The third-order valence-electron chi connectivity index (χ3n) is 2.53. The third-order valence-corrected chi connectivity index (χ3v) is 2.53. The average molecular weight is 230 g/mol. The number of hydrogen-bond donors (Lipinski definition) is 1. The minimum atomic E-state index is -0.857. The van der Waals surface area contributed by atoms with E-state index in [4.69, 9.17) is 5.11 Å². The molecular formula is C12H12N3O2+. The van der Waals surface area contributed by atoms with E-state index in [0.717, 1.165) is 11.3 Å². The Morgan fingerprint density at radius 2 is 2.06 bits per heavy atom.